The van der Waals surface area contributed by atoms with Crippen molar-refractivity contribution in [2.24, 2.45) is 0 Å². The van der Waals surface area contributed by atoms with Gasteiger partial charge in [-0.05, 0) is 38.2 Å². The molecule has 4 nitrogen and oxygen atoms in total. The number of ether oxygens (including phenoxy) is 1. The first kappa shape index (κ1) is 16.5. The van der Waals surface area contributed by atoms with E-state index >= 15 is 0 Å². The van der Waals surface area contributed by atoms with E-state index in [1.54, 1.807) is 19.0 Å². The molecule has 0 N–H and O–H groups in total. The van der Waals surface area contributed by atoms with E-state index in [4.69, 9.17) is 4.74 Å². The monoisotopic (exact) mass is 316 g/mol. The van der Waals surface area contributed by atoms with Crippen molar-refractivity contribution in [3.8, 4) is 0 Å². The lowest BCUT2D eigenvalue weighted by atomic mass is 9.88. The second kappa shape index (κ2) is 6.62. The Bertz CT molecular complexity index is 562. The molecule has 1 aromatic rings. The van der Waals surface area contributed by atoms with Crippen molar-refractivity contribution in [2.75, 3.05) is 27.2 Å². The second-order valence-electron chi connectivity index (χ2n) is 7.33. The number of amides is 1. The molecule has 3 rings (SSSR count). The van der Waals surface area contributed by atoms with Crippen LogP contribution in [0.25, 0.3) is 0 Å². The molecule has 1 atom stereocenters. The van der Waals surface area contributed by atoms with Gasteiger partial charge in [0.15, 0.2) is 0 Å². The fourth-order valence-electron chi connectivity index (χ4n) is 3.83. The van der Waals surface area contributed by atoms with E-state index in [-0.39, 0.29) is 17.6 Å². The Morgan fingerprint density at radius 1 is 1.30 bits per heavy atom. The summed E-state index contributed by atoms with van der Waals surface area (Å²) in [4.78, 5) is 16.3. The molecule has 23 heavy (non-hydrogen) atoms. The Kier molecular flexibility index (Phi) is 4.74. The van der Waals surface area contributed by atoms with Crippen LogP contribution in [0.2, 0.25) is 0 Å². The molecule has 1 aromatic carbocycles. The zero-order valence-corrected chi connectivity index (χ0v) is 14.5. The average molecular weight is 316 g/mol. The summed E-state index contributed by atoms with van der Waals surface area (Å²) in [5.74, 6) is 0.115. The van der Waals surface area contributed by atoms with Gasteiger partial charge in [0.2, 0.25) is 0 Å². The van der Waals surface area contributed by atoms with Crippen molar-refractivity contribution in [1.29, 1.82) is 0 Å². The van der Waals surface area contributed by atoms with Crippen molar-refractivity contribution in [3.05, 3.63) is 35.4 Å². The fourth-order valence-corrected chi connectivity index (χ4v) is 3.83. The molecule has 2 aliphatic rings. The molecule has 0 bridgehead atoms. The molecule has 2 heterocycles. The number of aryl methyl sites for hydroxylation is 1. The molecule has 0 radical (unpaired) electrons. The standard InChI is InChI=1S/C19H28N2O2/c1-15-5-4-6-16(13-15)14-21-11-9-19(10-12-21)8-7-17(23-19)18(22)20(2)3/h4-6,13,17H,7-12,14H2,1-3H3/t17-/m0/s1. The number of benzene rings is 1. The van der Waals surface area contributed by atoms with Gasteiger partial charge in [0.25, 0.3) is 5.91 Å². The van der Waals surface area contributed by atoms with Crippen LogP contribution in [0.4, 0.5) is 0 Å². The van der Waals surface area contributed by atoms with Gasteiger partial charge in [0.1, 0.15) is 6.10 Å². The van der Waals surface area contributed by atoms with E-state index < -0.39 is 0 Å². The van der Waals surface area contributed by atoms with E-state index in [9.17, 15) is 4.79 Å². The summed E-state index contributed by atoms with van der Waals surface area (Å²) in [6, 6.07) is 8.74. The van der Waals surface area contributed by atoms with Crippen LogP contribution in [0.1, 0.15) is 36.8 Å². The second-order valence-corrected chi connectivity index (χ2v) is 7.33. The molecule has 1 spiro atoms. The molecule has 0 aromatic heterocycles. The normalized spacial score (nSPS) is 24.0. The molecule has 0 saturated carbocycles. The first-order valence-electron chi connectivity index (χ1n) is 8.64. The van der Waals surface area contributed by atoms with Gasteiger partial charge in [-0.15, -0.1) is 0 Å². The van der Waals surface area contributed by atoms with Gasteiger partial charge >= 0.3 is 0 Å². The SMILES string of the molecule is Cc1cccc(CN2CCC3(CC[C@@H](C(=O)N(C)C)O3)CC2)c1. The number of carbonyl (C=O) groups is 1. The Balaban J connectivity index is 1.53. The van der Waals surface area contributed by atoms with Gasteiger partial charge in [0, 0.05) is 33.7 Å². The lowest BCUT2D eigenvalue weighted by Gasteiger charge is -2.39. The van der Waals surface area contributed by atoms with Crippen molar-refractivity contribution in [1.82, 2.24) is 9.80 Å². The van der Waals surface area contributed by atoms with Crippen LogP contribution in [-0.2, 0) is 16.1 Å². The number of nitrogens with zero attached hydrogens (tertiary/aromatic N) is 2. The Hall–Kier alpha value is -1.39. The van der Waals surface area contributed by atoms with Crippen LogP contribution in [0.3, 0.4) is 0 Å². The van der Waals surface area contributed by atoms with Gasteiger partial charge < -0.3 is 9.64 Å². The third kappa shape index (κ3) is 3.75. The minimum absolute atomic E-state index is 0.0561. The number of rotatable bonds is 3. The van der Waals surface area contributed by atoms with Crippen molar-refractivity contribution in [3.63, 3.8) is 0 Å². The molecule has 2 saturated heterocycles. The van der Waals surface area contributed by atoms with Gasteiger partial charge in [0.05, 0.1) is 5.60 Å². The zero-order valence-electron chi connectivity index (χ0n) is 14.5. The summed E-state index contributed by atoms with van der Waals surface area (Å²) >= 11 is 0. The average Bonchev–Trinajstić information content (AvgIpc) is 2.93. The molecule has 1 amide bonds. The highest BCUT2D eigenvalue weighted by atomic mass is 16.5. The summed E-state index contributed by atoms with van der Waals surface area (Å²) in [7, 11) is 3.61. The van der Waals surface area contributed by atoms with E-state index in [1.165, 1.54) is 11.1 Å². The van der Waals surface area contributed by atoms with Crippen molar-refractivity contribution < 1.29 is 9.53 Å². The summed E-state index contributed by atoms with van der Waals surface area (Å²) < 4.78 is 6.21. The maximum atomic E-state index is 12.1. The van der Waals surface area contributed by atoms with E-state index in [1.807, 2.05) is 0 Å². The predicted molar refractivity (Wildman–Crippen MR) is 91.2 cm³/mol. The maximum absolute atomic E-state index is 12.1. The van der Waals surface area contributed by atoms with Crippen LogP contribution in [-0.4, -0.2) is 54.6 Å². The lowest BCUT2D eigenvalue weighted by molar-refractivity contribution is -0.148. The molecule has 4 heteroatoms. The number of carbonyl (C=O) groups excluding carboxylic acids is 1. The molecule has 126 valence electrons. The van der Waals surface area contributed by atoms with E-state index in [0.717, 1.165) is 45.3 Å². The summed E-state index contributed by atoms with van der Waals surface area (Å²) in [6.45, 7) is 5.26. The highest BCUT2D eigenvalue weighted by Crippen LogP contribution is 2.39. The van der Waals surface area contributed by atoms with Crippen LogP contribution >= 0.6 is 0 Å². The van der Waals surface area contributed by atoms with Crippen LogP contribution in [0, 0.1) is 6.92 Å². The third-order valence-corrected chi connectivity index (χ3v) is 5.23. The topological polar surface area (TPSA) is 32.8 Å². The number of hydrogen-bond acceptors (Lipinski definition) is 3. The van der Waals surface area contributed by atoms with Gasteiger partial charge in [-0.1, -0.05) is 29.8 Å². The highest BCUT2D eigenvalue weighted by Gasteiger charge is 2.44. The van der Waals surface area contributed by atoms with Crippen LogP contribution in [0.5, 0.6) is 0 Å². The maximum Gasteiger partial charge on any atom is 0.251 e. The van der Waals surface area contributed by atoms with Gasteiger partial charge in [-0.2, -0.15) is 0 Å². The summed E-state index contributed by atoms with van der Waals surface area (Å²) in [5, 5.41) is 0. The first-order valence-corrected chi connectivity index (χ1v) is 8.64. The highest BCUT2D eigenvalue weighted by molar-refractivity contribution is 5.80. The van der Waals surface area contributed by atoms with Crippen molar-refractivity contribution >= 4 is 5.91 Å². The minimum atomic E-state index is -0.228. The Morgan fingerprint density at radius 3 is 2.70 bits per heavy atom. The third-order valence-electron chi connectivity index (χ3n) is 5.23. The number of likely N-dealkylation sites (N-methyl/N-ethyl adjacent to an activating group) is 1. The smallest absolute Gasteiger partial charge is 0.251 e. The number of likely N-dealkylation sites (tertiary alicyclic amines) is 1. The molecular formula is C19H28N2O2. The zero-order chi connectivity index (χ0) is 16.4. The summed E-state index contributed by atoms with van der Waals surface area (Å²) in [5.41, 5.74) is 2.65. The number of hydrogen-bond donors (Lipinski definition) is 0. The quantitative estimate of drug-likeness (QED) is 0.859. The van der Waals surface area contributed by atoms with Crippen molar-refractivity contribution in [2.45, 2.75) is 50.9 Å². The largest absolute Gasteiger partial charge is 0.362 e. The molecule has 0 aliphatic carbocycles. The molecule has 2 fully saturated rings. The Morgan fingerprint density at radius 2 is 2.04 bits per heavy atom. The van der Waals surface area contributed by atoms with Gasteiger partial charge in [-0.25, -0.2) is 0 Å². The first-order chi connectivity index (χ1) is 11.0. The summed E-state index contributed by atoms with van der Waals surface area (Å²) in [6.07, 6.45) is 3.74. The van der Waals surface area contributed by atoms with E-state index in [2.05, 4.69) is 36.1 Å². The number of piperidine rings is 1. The lowest BCUT2D eigenvalue weighted by Crippen LogP contribution is -2.45. The van der Waals surface area contributed by atoms with E-state index in [0.29, 0.717) is 0 Å². The fraction of sp³-hybridized carbons (Fsp3) is 0.632. The molecular weight excluding hydrogens is 288 g/mol. The van der Waals surface area contributed by atoms with Crippen LogP contribution in [0.15, 0.2) is 24.3 Å². The molecule has 2 aliphatic heterocycles. The van der Waals surface area contributed by atoms with Crippen LogP contribution < -0.4 is 0 Å². The van der Waals surface area contributed by atoms with Gasteiger partial charge in [-0.3, -0.25) is 9.69 Å². The predicted octanol–water partition coefficient (Wildman–Crippen LogP) is 2.60. The Labute approximate surface area is 139 Å². The molecule has 0 unspecified atom stereocenters. The minimum Gasteiger partial charge on any atom is -0.362 e.